The van der Waals surface area contributed by atoms with Gasteiger partial charge in [-0.25, -0.2) is 4.98 Å². The largest absolute Gasteiger partial charge is 0.395 e. The fraction of sp³-hybridized carbons (Fsp3) is 0.200. The van der Waals surface area contributed by atoms with Gasteiger partial charge in [-0.2, -0.15) is 0 Å². The molecule has 0 bridgehead atoms. The summed E-state index contributed by atoms with van der Waals surface area (Å²) in [4.78, 5) is 23.4. The summed E-state index contributed by atoms with van der Waals surface area (Å²) in [6.45, 7) is 0.375. The number of thiocarbonyl (C=S) groups is 1. The van der Waals surface area contributed by atoms with Crippen LogP contribution in [0.4, 0.5) is 5.82 Å². The highest BCUT2D eigenvalue weighted by Crippen LogP contribution is 2.33. The van der Waals surface area contributed by atoms with Crippen LogP contribution in [0.25, 0.3) is 0 Å². The summed E-state index contributed by atoms with van der Waals surface area (Å²) in [7, 11) is 0. The number of carbonyl (C=O) groups is 1. The number of aromatic nitrogens is 2. The number of aliphatic hydroxyl groups is 1. The molecule has 4 aromatic rings. The maximum absolute atomic E-state index is 13.2. The molecule has 0 saturated carbocycles. The molecule has 1 aliphatic carbocycles. The number of rotatable bonds is 8. The van der Waals surface area contributed by atoms with Crippen molar-refractivity contribution in [3.63, 3.8) is 0 Å². The predicted octanol–water partition coefficient (Wildman–Crippen LogP) is 5.10. The van der Waals surface area contributed by atoms with Crippen LogP contribution in [0.1, 0.15) is 44.2 Å². The molecular formula is C30H28Cl2N6O2S. The number of hydrogen-bond acceptors (Lipinski definition) is 6. The number of anilines is 1. The molecule has 2 heterocycles. The molecule has 1 atom stereocenters. The summed E-state index contributed by atoms with van der Waals surface area (Å²) in [6, 6.07) is 18.8. The molecule has 1 unspecified atom stereocenters. The first-order chi connectivity index (χ1) is 19.9. The van der Waals surface area contributed by atoms with E-state index in [1.54, 1.807) is 11.1 Å². The van der Waals surface area contributed by atoms with Gasteiger partial charge in [0, 0.05) is 42.3 Å². The number of amides is 1. The third-order valence-electron chi connectivity index (χ3n) is 6.87. The van der Waals surface area contributed by atoms with Crippen molar-refractivity contribution in [3.05, 3.63) is 123 Å². The van der Waals surface area contributed by atoms with E-state index in [0.29, 0.717) is 28.1 Å². The Bertz CT molecular complexity index is 1560. The van der Waals surface area contributed by atoms with Crippen LogP contribution >= 0.6 is 35.4 Å². The highest BCUT2D eigenvalue weighted by Gasteiger charge is 2.25. The SMILES string of the molecule is O=C(c1cnc(NNC(=S)NC2c3cnccc3CCc3ccc(Cl)cc32)c(Cl)c1)N(CCO)Cc1ccccc1. The van der Waals surface area contributed by atoms with Crippen molar-refractivity contribution >= 4 is 52.3 Å². The van der Waals surface area contributed by atoms with E-state index >= 15 is 0 Å². The first kappa shape index (κ1) is 28.8. The number of fused-ring (bicyclic) bond motifs is 2. The van der Waals surface area contributed by atoms with Crippen molar-refractivity contribution in [1.29, 1.82) is 0 Å². The van der Waals surface area contributed by atoms with Gasteiger partial charge in [-0.05, 0) is 71.6 Å². The molecule has 41 heavy (non-hydrogen) atoms. The highest BCUT2D eigenvalue weighted by molar-refractivity contribution is 7.80. The number of pyridine rings is 2. The summed E-state index contributed by atoms with van der Waals surface area (Å²) in [6.07, 6.45) is 6.85. The third kappa shape index (κ3) is 6.94. The van der Waals surface area contributed by atoms with Gasteiger partial charge in [0.1, 0.15) is 0 Å². The second kappa shape index (κ2) is 13.3. The van der Waals surface area contributed by atoms with Crippen molar-refractivity contribution < 1.29 is 9.90 Å². The zero-order valence-electron chi connectivity index (χ0n) is 22.0. The molecule has 0 radical (unpaired) electrons. The average Bonchev–Trinajstić information content (AvgIpc) is 3.13. The van der Waals surface area contributed by atoms with Crippen LogP contribution in [-0.4, -0.2) is 44.1 Å². The standard InChI is InChI=1S/C30H28Cl2N6O2S/c31-23-9-8-20-6-7-21-10-11-33-17-25(21)27(24(20)15-23)35-30(41)37-36-28-26(32)14-22(16-34-28)29(40)38(12-13-39)18-19-4-2-1-3-5-19/h1-5,8-11,14-17,27,39H,6-7,12-13,18H2,(H,34,36)(H2,35,37,41). The number of aliphatic hydroxyl groups excluding tert-OH is 1. The molecule has 5 rings (SSSR count). The Labute approximate surface area is 253 Å². The molecule has 0 aliphatic heterocycles. The van der Waals surface area contributed by atoms with Crippen LogP contribution in [0.5, 0.6) is 0 Å². The quantitative estimate of drug-likeness (QED) is 0.162. The minimum Gasteiger partial charge on any atom is -0.395 e. The number of nitrogens with zero attached hydrogens (tertiary/aromatic N) is 3. The first-order valence-electron chi connectivity index (χ1n) is 13.1. The molecule has 8 nitrogen and oxygen atoms in total. The minimum atomic E-state index is -0.285. The van der Waals surface area contributed by atoms with E-state index < -0.39 is 0 Å². The summed E-state index contributed by atoms with van der Waals surface area (Å²) in [5.74, 6) is 0.0162. The maximum atomic E-state index is 13.2. The molecule has 11 heteroatoms. The average molecular weight is 608 g/mol. The van der Waals surface area contributed by atoms with Crippen molar-refractivity contribution in [2.45, 2.75) is 25.4 Å². The van der Waals surface area contributed by atoms with Gasteiger partial charge >= 0.3 is 0 Å². The lowest BCUT2D eigenvalue weighted by atomic mass is 9.96. The molecule has 0 fully saturated rings. The fourth-order valence-electron chi connectivity index (χ4n) is 4.87. The summed E-state index contributed by atoms with van der Waals surface area (Å²) in [5.41, 5.74) is 11.6. The van der Waals surface area contributed by atoms with E-state index in [-0.39, 0.29) is 30.1 Å². The van der Waals surface area contributed by atoms with Crippen molar-refractivity contribution in [2.75, 3.05) is 18.6 Å². The van der Waals surface area contributed by atoms with Crippen molar-refractivity contribution in [2.24, 2.45) is 0 Å². The Morgan fingerprint density at radius 1 is 1.02 bits per heavy atom. The minimum absolute atomic E-state index is 0.161. The van der Waals surface area contributed by atoms with E-state index in [1.165, 1.54) is 23.4 Å². The van der Waals surface area contributed by atoms with Gasteiger partial charge in [0.05, 0.1) is 23.2 Å². The van der Waals surface area contributed by atoms with Crippen molar-refractivity contribution in [3.8, 4) is 0 Å². The molecule has 0 saturated heterocycles. The lowest BCUT2D eigenvalue weighted by Gasteiger charge is -2.24. The Morgan fingerprint density at radius 2 is 1.80 bits per heavy atom. The summed E-state index contributed by atoms with van der Waals surface area (Å²) in [5, 5.41) is 14.1. The molecule has 2 aromatic carbocycles. The van der Waals surface area contributed by atoms with Crippen molar-refractivity contribution in [1.82, 2.24) is 25.6 Å². The smallest absolute Gasteiger partial charge is 0.255 e. The molecule has 0 spiro atoms. The topological polar surface area (TPSA) is 102 Å². The second-order valence-corrected chi connectivity index (χ2v) is 10.8. The highest BCUT2D eigenvalue weighted by atomic mass is 35.5. The second-order valence-electron chi connectivity index (χ2n) is 9.56. The van der Waals surface area contributed by atoms with Gasteiger partial charge in [-0.1, -0.05) is 59.6 Å². The molecule has 1 amide bonds. The van der Waals surface area contributed by atoms with E-state index in [1.807, 2.05) is 54.7 Å². The molecular weight excluding hydrogens is 579 g/mol. The number of halogens is 2. The Balaban J connectivity index is 1.27. The zero-order valence-corrected chi connectivity index (χ0v) is 24.3. The number of nitrogens with one attached hydrogen (secondary N) is 3. The van der Waals surface area contributed by atoms with Crippen LogP contribution in [0.15, 0.2) is 79.3 Å². The lowest BCUT2D eigenvalue weighted by molar-refractivity contribution is 0.0707. The van der Waals surface area contributed by atoms with Crippen LogP contribution in [-0.2, 0) is 19.4 Å². The van der Waals surface area contributed by atoms with Gasteiger partial charge < -0.3 is 15.3 Å². The summed E-state index contributed by atoms with van der Waals surface area (Å²) < 4.78 is 0. The Kier molecular flexibility index (Phi) is 9.31. The molecule has 1 aliphatic rings. The van der Waals surface area contributed by atoms with Gasteiger partial charge in [-0.15, -0.1) is 0 Å². The van der Waals surface area contributed by atoms with Crippen LogP contribution in [0.2, 0.25) is 10.0 Å². The van der Waals surface area contributed by atoms with E-state index in [0.717, 1.165) is 29.5 Å². The number of benzene rings is 2. The third-order valence-corrected chi connectivity index (χ3v) is 7.61. The zero-order chi connectivity index (χ0) is 28.8. The normalized spacial score (nSPS) is 13.8. The number of hydrazine groups is 1. The van der Waals surface area contributed by atoms with Crippen LogP contribution in [0.3, 0.4) is 0 Å². The van der Waals surface area contributed by atoms with Gasteiger partial charge in [0.25, 0.3) is 5.91 Å². The number of aryl methyl sites for hydroxylation is 2. The van der Waals surface area contributed by atoms with Gasteiger partial charge in [0.2, 0.25) is 0 Å². The predicted molar refractivity (Wildman–Crippen MR) is 165 cm³/mol. The van der Waals surface area contributed by atoms with Crippen LogP contribution < -0.4 is 16.2 Å². The molecule has 2 aromatic heterocycles. The van der Waals surface area contributed by atoms with E-state index in [9.17, 15) is 9.90 Å². The molecule has 4 N–H and O–H groups in total. The van der Waals surface area contributed by atoms with E-state index in [4.69, 9.17) is 35.4 Å². The number of hydrogen-bond donors (Lipinski definition) is 4. The Hall–Kier alpha value is -3.76. The van der Waals surface area contributed by atoms with E-state index in [2.05, 4.69) is 32.2 Å². The number of carbonyl (C=O) groups excluding carboxylic acids is 1. The first-order valence-corrected chi connectivity index (χ1v) is 14.2. The maximum Gasteiger partial charge on any atom is 0.255 e. The Morgan fingerprint density at radius 3 is 2.56 bits per heavy atom. The van der Waals surface area contributed by atoms with Gasteiger partial charge in [-0.3, -0.25) is 20.6 Å². The van der Waals surface area contributed by atoms with Gasteiger partial charge in [0.15, 0.2) is 10.9 Å². The summed E-state index contributed by atoms with van der Waals surface area (Å²) >= 11 is 18.5. The lowest BCUT2D eigenvalue weighted by Crippen LogP contribution is -2.41. The molecule has 210 valence electrons. The van der Waals surface area contributed by atoms with Crippen LogP contribution in [0, 0.1) is 0 Å². The monoisotopic (exact) mass is 606 g/mol. The fourth-order valence-corrected chi connectivity index (χ4v) is 5.43.